The number of ether oxygens (including phenoxy) is 1. The first kappa shape index (κ1) is 13.1. The van der Waals surface area contributed by atoms with Crippen LogP contribution in [0.15, 0.2) is 40.8 Å². The molecule has 0 radical (unpaired) electrons. The quantitative estimate of drug-likeness (QED) is 0.799. The van der Waals surface area contributed by atoms with Crippen molar-refractivity contribution in [2.75, 3.05) is 7.11 Å². The molecule has 0 saturated carbocycles. The molecule has 1 aromatic heterocycles. The lowest BCUT2D eigenvalue weighted by atomic mass is 10.2. The Morgan fingerprint density at radius 1 is 1.33 bits per heavy atom. The number of benzene rings is 2. The molecule has 2 aromatic carbocycles. The number of carboxylic acids is 1. The number of nitrogens with zero attached hydrogens (tertiary/aromatic N) is 1. The van der Waals surface area contributed by atoms with E-state index in [-0.39, 0.29) is 22.6 Å². The Morgan fingerprint density at radius 2 is 2.10 bits per heavy atom. The van der Waals surface area contributed by atoms with Crippen LogP contribution in [0.4, 0.5) is 4.39 Å². The average molecular weight is 287 g/mol. The minimum atomic E-state index is -1.26. The lowest BCUT2D eigenvalue weighted by Gasteiger charge is -2.03. The number of fused-ring (bicyclic) bond motifs is 1. The number of aromatic nitrogens is 1. The molecule has 0 fully saturated rings. The van der Waals surface area contributed by atoms with Crippen LogP contribution in [0.1, 0.15) is 10.4 Å². The van der Waals surface area contributed by atoms with Crippen LogP contribution in [0.5, 0.6) is 5.75 Å². The Hall–Kier alpha value is -2.89. The Balaban J connectivity index is 2.26. The largest absolute Gasteiger partial charge is 0.496 e. The average Bonchev–Trinajstić information content (AvgIpc) is 2.89. The molecule has 0 atom stereocenters. The van der Waals surface area contributed by atoms with Gasteiger partial charge >= 0.3 is 5.97 Å². The maximum absolute atomic E-state index is 13.4. The summed E-state index contributed by atoms with van der Waals surface area (Å²) in [5, 5.41) is 9.11. The maximum Gasteiger partial charge on any atom is 0.338 e. The summed E-state index contributed by atoms with van der Waals surface area (Å²) in [6, 6.07) is 9.02. The van der Waals surface area contributed by atoms with Crippen LogP contribution in [0, 0.1) is 5.82 Å². The summed E-state index contributed by atoms with van der Waals surface area (Å²) in [7, 11) is 1.50. The molecule has 106 valence electrons. The van der Waals surface area contributed by atoms with Crippen molar-refractivity contribution in [3.8, 4) is 17.2 Å². The third-order valence-corrected chi connectivity index (χ3v) is 3.03. The normalized spacial score (nSPS) is 10.8. The molecule has 0 aliphatic rings. The molecule has 3 rings (SSSR count). The molecule has 21 heavy (non-hydrogen) atoms. The molecule has 1 N–H and O–H groups in total. The number of rotatable bonds is 3. The van der Waals surface area contributed by atoms with Crippen molar-refractivity contribution in [3.05, 3.63) is 47.8 Å². The van der Waals surface area contributed by atoms with Gasteiger partial charge in [0.05, 0.1) is 18.2 Å². The molecule has 0 unspecified atom stereocenters. The minimum Gasteiger partial charge on any atom is -0.496 e. The summed E-state index contributed by atoms with van der Waals surface area (Å²) in [5.74, 6) is -1.25. The minimum absolute atomic E-state index is 0.0771. The van der Waals surface area contributed by atoms with E-state index in [9.17, 15) is 9.18 Å². The van der Waals surface area contributed by atoms with Crippen LogP contribution < -0.4 is 4.74 Å². The van der Waals surface area contributed by atoms with Crippen molar-refractivity contribution in [2.24, 2.45) is 0 Å². The molecule has 0 aliphatic carbocycles. The van der Waals surface area contributed by atoms with Gasteiger partial charge in [-0.05, 0) is 18.2 Å². The second-order valence-electron chi connectivity index (χ2n) is 4.32. The van der Waals surface area contributed by atoms with Gasteiger partial charge in [0.1, 0.15) is 17.1 Å². The summed E-state index contributed by atoms with van der Waals surface area (Å²) in [4.78, 5) is 15.3. The number of methoxy groups -OCH3 is 1. The number of para-hydroxylation sites is 1. The Labute approximate surface area is 118 Å². The molecule has 0 aliphatic heterocycles. The summed E-state index contributed by atoms with van der Waals surface area (Å²) >= 11 is 0. The molecule has 0 spiro atoms. The molecular weight excluding hydrogens is 277 g/mol. The molecule has 1 heterocycles. The monoisotopic (exact) mass is 287 g/mol. The highest BCUT2D eigenvalue weighted by atomic mass is 19.1. The summed E-state index contributed by atoms with van der Waals surface area (Å²) in [6.07, 6.45) is 0. The third-order valence-electron chi connectivity index (χ3n) is 3.03. The maximum atomic E-state index is 13.4. The van der Waals surface area contributed by atoms with Gasteiger partial charge in [-0.15, -0.1) is 0 Å². The molecular formula is C15H10FNO4. The van der Waals surface area contributed by atoms with Crippen LogP contribution >= 0.6 is 0 Å². The topological polar surface area (TPSA) is 72.6 Å². The fourth-order valence-electron chi connectivity index (χ4n) is 2.10. The van der Waals surface area contributed by atoms with E-state index < -0.39 is 11.8 Å². The van der Waals surface area contributed by atoms with Crippen molar-refractivity contribution in [1.82, 2.24) is 4.98 Å². The SMILES string of the molecule is COc1ccccc1-c1nc2c(C(=O)O)cc(F)cc2o1. The smallest absolute Gasteiger partial charge is 0.338 e. The fraction of sp³-hybridized carbons (Fsp3) is 0.0667. The van der Waals surface area contributed by atoms with E-state index in [1.54, 1.807) is 24.3 Å². The van der Waals surface area contributed by atoms with Gasteiger partial charge in [0.2, 0.25) is 5.89 Å². The zero-order chi connectivity index (χ0) is 15.0. The first-order valence-corrected chi connectivity index (χ1v) is 6.07. The van der Waals surface area contributed by atoms with Crippen molar-refractivity contribution >= 4 is 17.1 Å². The zero-order valence-corrected chi connectivity index (χ0v) is 11.0. The van der Waals surface area contributed by atoms with Gasteiger partial charge in [0.15, 0.2) is 5.58 Å². The van der Waals surface area contributed by atoms with Gasteiger partial charge in [-0.2, -0.15) is 0 Å². The van der Waals surface area contributed by atoms with E-state index in [0.29, 0.717) is 11.3 Å². The number of carbonyl (C=O) groups is 1. The van der Waals surface area contributed by atoms with Crippen molar-refractivity contribution in [3.63, 3.8) is 0 Å². The van der Waals surface area contributed by atoms with Crippen molar-refractivity contribution in [2.45, 2.75) is 0 Å². The second kappa shape index (κ2) is 4.90. The Bertz CT molecular complexity index is 841. The van der Waals surface area contributed by atoms with Crippen LogP contribution in [-0.4, -0.2) is 23.2 Å². The molecule has 0 bridgehead atoms. The number of hydrogen-bond acceptors (Lipinski definition) is 4. The number of aromatic carboxylic acids is 1. The van der Waals surface area contributed by atoms with Crippen molar-refractivity contribution in [1.29, 1.82) is 0 Å². The van der Waals surface area contributed by atoms with Gasteiger partial charge < -0.3 is 14.3 Å². The van der Waals surface area contributed by atoms with E-state index in [2.05, 4.69) is 4.98 Å². The van der Waals surface area contributed by atoms with E-state index in [1.165, 1.54) is 7.11 Å². The van der Waals surface area contributed by atoms with Crippen molar-refractivity contribution < 1.29 is 23.4 Å². The van der Waals surface area contributed by atoms with E-state index >= 15 is 0 Å². The van der Waals surface area contributed by atoms with E-state index in [0.717, 1.165) is 12.1 Å². The standard InChI is InChI=1S/C15H10FNO4/c1-20-11-5-3-2-4-9(11)14-17-13-10(15(18)19)6-8(16)7-12(13)21-14/h2-7H,1H3,(H,18,19). The summed E-state index contributed by atoms with van der Waals surface area (Å²) < 4.78 is 24.1. The van der Waals surface area contributed by atoms with Gasteiger partial charge in [-0.1, -0.05) is 12.1 Å². The number of halogens is 1. The van der Waals surface area contributed by atoms with Crippen LogP contribution in [0.2, 0.25) is 0 Å². The number of carboxylic acid groups (broad SMARTS) is 1. The zero-order valence-electron chi connectivity index (χ0n) is 11.0. The predicted octanol–water partition coefficient (Wildman–Crippen LogP) is 3.34. The highest BCUT2D eigenvalue weighted by Crippen LogP contribution is 2.32. The highest BCUT2D eigenvalue weighted by molar-refractivity contribution is 6.01. The number of oxazole rings is 1. The van der Waals surface area contributed by atoms with Gasteiger partial charge in [-0.3, -0.25) is 0 Å². The van der Waals surface area contributed by atoms with Gasteiger partial charge in [-0.25, -0.2) is 14.2 Å². The molecule has 5 nitrogen and oxygen atoms in total. The molecule has 6 heteroatoms. The van der Waals surface area contributed by atoms with Crippen LogP contribution in [0.25, 0.3) is 22.6 Å². The fourth-order valence-corrected chi connectivity index (χ4v) is 2.10. The predicted molar refractivity (Wildman–Crippen MR) is 72.9 cm³/mol. The van der Waals surface area contributed by atoms with Crippen LogP contribution in [-0.2, 0) is 0 Å². The van der Waals surface area contributed by atoms with E-state index in [4.69, 9.17) is 14.3 Å². The second-order valence-corrected chi connectivity index (χ2v) is 4.32. The molecule has 0 saturated heterocycles. The lowest BCUT2D eigenvalue weighted by Crippen LogP contribution is -1.98. The number of hydrogen-bond donors (Lipinski definition) is 1. The first-order chi connectivity index (χ1) is 10.1. The van der Waals surface area contributed by atoms with Gasteiger partial charge in [0, 0.05) is 6.07 Å². The van der Waals surface area contributed by atoms with E-state index in [1.807, 2.05) is 0 Å². The Morgan fingerprint density at radius 3 is 2.81 bits per heavy atom. The summed E-state index contributed by atoms with van der Waals surface area (Å²) in [6.45, 7) is 0. The lowest BCUT2D eigenvalue weighted by molar-refractivity contribution is 0.0698. The van der Waals surface area contributed by atoms with Gasteiger partial charge in [0.25, 0.3) is 0 Å². The summed E-state index contributed by atoms with van der Waals surface area (Å²) in [5.41, 5.74) is 0.501. The molecule has 3 aromatic rings. The highest BCUT2D eigenvalue weighted by Gasteiger charge is 2.19. The first-order valence-electron chi connectivity index (χ1n) is 6.07. The Kier molecular flexibility index (Phi) is 3.06. The molecule has 0 amide bonds. The third kappa shape index (κ3) is 2.20. The van der Waals surface area contributed by atoms with Crippen LogP contribution in [0.3, 0.4) is 0 Å².